The van der Waals surface area contributed by atoms with Crippen molar-refractivity contribution in [3.05, 3.63) is 59.2 Å². The van der Waals surface area contributed by atoms with E-state index in [0.717, 1.165) is 0 Å². The minimum Gasteiger partial charge on any atom is -0.545 e. The van der Waals surface area contributed by atoms with Gasteiger partial charge in [-0.15, -0.1) is 0 Å². The molecule has 2 unspecified atom stereocenters. The summed E-state index contributed by atoms with van der Waals surface area (Å²) in [6.45, 7) is 10.9. The Morgan fingerprint density at radius 2 is 1.08 bits per heavy atom. The molecule has 2 N–H and O–H groups in total. The predicted octanol–water partition coefficient (Wildman–Crippen LogP) is -0.908. The first-order chi connectivity index (χ1) is 17.7. The van der Waals surface area contributed by atoms with Gasteiger partial charge in [0, 0.05) is 23.5 Å². The molecule has 2 atom stereocenters. The molecule has 4 heterocycles. The van der Waals surface area contributed by atoms with Gasteiger partial charge in [0.05, 0.1) is 11.9 Å². The van der Waals surface area contributed by atoms with Gasteiger partial charge in [-0.3, -0.25) is 19.6 Å². The van der Waals surface area contributed by atoms with Crippen LogP contribution in [0.3, 0.4) is 0 Å². The van der Waals surface area contributed by atoms with Crippen LogP contribution in [0.5, 0.6) is 0 Å². The topological polar surface area (TPSA) is 189 Å². The molecule has 0 radical (unpaired) electrons. The van der Waals surface area contributed by atoms with Crippen molar-refractivity contribution in [3.63, 3.8) is 0 Å². The zero-order valence-electron chi connectivity index (χ0n) is 22.6. The SMILES string of the molecule is CC(C)C1(C)N=C(c2ncccc2C(=O)[O-])NC1=O.CC(C)C1(C)N=C(c2ncccc2C(=O)[O-])NC1=O.[Ca+2]. The zero-order chi connectivity index (χ0) is 28.4. The van der Waals surface area contributed by atoms with Gasteiger partial charge in [-0.2, -0.15) is 0 Å². The molecule has 2 aromatic heterocycles. The number of aliphatic imine (C=N–C) groups is 2. The summed E-state index contributed by atoms with van der Waals surface area (Å²) in [5, 5.41) is 27.3. The Labute approximate surface area is 255 Å². The number of carbonyl (C=O) groups is 4. The fourth-order valence-electron chi connectivity index (χ4n) is 3.61. The minimum absolute atomic E-state index is 0. The van der Waals surface area contributed by atoms with Crippen molar-refractivity contribution >= 4 is 73.2 Å². The monoisotopic (exact) mass is 560 g/mol. The zero-order valence-corrected chi connectivity index (χ0v) is 24.8. The standard InChI is InChI=1S/2C13H15N3O3.Ca/c2*1-7(2)13(3)12(19)15-10(16-13)9-8(11(17)18)5-4-6-14-9;/h2*4-7H,1-3H3,(H,17,18)(H,15,16,19);/q;;+2/p-2. The number of pyridine rings is 2. The smallest absolute Gasteiger partial charge is 0.545 e. The van der Waals surface area contributed by atoms with E-state index in [1.165, 1.54) is 36.7 Å². The van der Waals surface area contributed by atoms with Crippen LogP contribution in [-0.4, -0.2) is 94.2 Å². The Bertz CT molecular complexity index is 1270. The Morgan fingerprint density at radius 1 is 0.744 bits per heavy atom. The van der Waals surface area contributed by atoms with E-state index in [0.29, 0.717) is 0 Å². The van der Waals surface area contributed by atoms with Crippen LogP contribution in [0.1, 0.15) is 73.6 Å². The molecule has 2 aliphatic rings. The third kappa shape index (κ3) is 6.34. The van der Waals surface area contributed by atoms with Gasteiger partial charge in [0.15, 0.2) is 11.7 Å². The molecule has 0 fully saturated rings. The molecule has 2 aromatic rings. The summed E-state index contributed by atoms with van der Waals surface area (Å²) in [6.07, 6.45) is 2.89. The molecule has 13 heteroatoms. The van der Waals surface area contributed by atoms with Crippen LogP contribution in [-0.2, 0) is 9.59 Å². The normalized spacial score (nSPS) is 21.7. The van der Waals surface area contributed by atoms with Crippen LogP contribution in [0.2, 0.25) is 0 Å². The number of nitrogens with zero attached hydrogens (tertiary/aromatic N) is 4. The van der Waals surface area contributed by atoms with E-state index in [1.807, 2.05) is 27.7 Å². The maximum Gasteiger partial charge on any atom is 2.00 e. The molecule has 0 aliphatic carbocycles. The van der Waals surface area contributed by atoms with Crippen LogP contribution in [0.15, 0.2) is 46.6 Å². The number of amidine groups is 2. The predicted molar refractivity (Wildman–Crippen MR) is 139 cm³/mol. The average molecular weight is 561 g/mol. The molecule has 0 aromatic carbocycles. The molecule has 39 heavy (non-hydrogen) atoms. The summed E-state index contributed by atoms with van der Waals surface area (Å²) in [5.74, 6) is -2.88. The van der Waals surface area contributed by atoms with Gasteiger partial charge in [0.25, 0.3) is 11.8 Å². The second kappa shape index (κ2) is 12.3. The number of hydrogen-bond acceptors (Lipinski definition) is 10. The second-order valence-electron chi connectivity index (χ2n) is 9.81. The maximum absolute atomic E-state index is 12.0. The molecule has 0 spiro atoms. The van der Waals surface area contributed by atoms with E-state index in [-0.39, 0.29) is 95.6 Å². The Morgan fingerprint density at radius 3 is 1.33 bits per heavy atom. The van der Waals surface area contributed by atoms with Gasteiger partial charge in [-0.05, 0) is 49.9 Å². The molecule has 0 saturated heterocycles. The van der Waals surface area contributed by atoms with Gasteiger partial charge in [0.1, 0.15) is 22.5 Å². The van der Waals surface area contributed by atoms with Gasteiger partial charge >= 0.3 is 37.7 Å². The van der Waals surface area contributed by atoms with Crippen molar-refractivity contribution in [3.8, 4) is 0 Å². The number of aromatic nitrogens is 2. The van der Waals surface area contributed by atoms with Crippen molar-refractivity contribution in [2.45, 2.75) is 52.6 Å². The summed E-state index contributed by atoms with van der Waals surface area (Å²) < 4.78 is 0. The quantitative estimate of drug-likeness (QED) is 0.425. The van der Waals surface area contributed by atoms with Crippen LogP contribution in [0.25, 0.3) is 0 Å². The maximum atomic E-state index is 12.0. The summed E-state index contributed by atoms with van der Waals surface area (Å²) in [5.41, 5.74) is -1.74. The molecule has 12 nitrogen and oxygen atoms in total. The fourth-order valence-corrected chi connectivity index (χ4v) is 3.61. The summed E-state index contributed by atoms with van der Waals surface area (Å²) in [6, 6.07) is 5.73. The first-order valence-electron chi connectivity index (χ1n) is 11.9. The first-order valence-corrected chi connectivity index (χ1v) is 11.9. The molecule has 2 amide bonds. The molecule has 200 valence electrons. The Hall–Kier alpha value is -3.22. The molecular weight excluding hydrogens is 532 g/mol. The minimum atomic E-state index is -1.35. The number of amides is 2. The van der Waals surface area contributed by atoms with Crippen molar-refractivity contribution in [1.82, 2.24) is 20.6 Å². The van der Waals surface area contributed by atoms with Crippen LogP contribution in [0.4, 0.5) is 0 Å². The molecule has 4 rings (SSSR count). The van der Waals surface area contributed by atoms with Crippen molar-refractivity contribution in [2.24, 2.45) is 21.8 Å². The molecule has 0 bridgehead atoms. The van der Waals surface area contributed by atoms with Crippen molar-refractivity contribution in [2.75, 3.05) is 0 Å². The average Bonchev–Trinajstić information content (AvgIpc) is 3.36. The van der Waals surface area contributed by atoms with E-state index < -0.39 is 23.0 Å². The molecular formula is C26H28CaN6O6. The second-order valence-corrected chi connectivity index (χ2v) is 9.81. The summed E-state index contributed by atoms with van der Waals surface area (Å²) in [7, 11) is 0. The summed E-state index contributed by atoms with van der Waals surface area (Å²) in [4.78, 5) is 62.6. The Kier molecular flexibility index (Phi) is 10.1. The fraction of sp³-hybridized carbons (Fsp3) is 0.385. The van der Waals surface area contributed by atoms with E-state index in [1.54, 1.807) is 13.8 Å². The third-order valence-electron chi connectivity index (χ3n) is 6.82. The summed E-state index contributed by atoms with van der Waals surface area (Å²) >= 11 is 0. The molecule has 2 aliphatic heterocycles. The number of rotatable bonds is 6. The van der Waals surface area contributed by atoms with E-state index in [9.17, 15) is 29.4 Å². The van der Waals surface area contributed by atoms with Gasteiger partial charge in [0.2, 0.25) is 0 Å². The van der Waals surface area contributed by atoms with Gasteiger partial charge < -0.3 is 30.4 Å². The Balaban J connectivity index is 0.000000267. The third-order valence-corrected chi connectivity index (χ3v) is 6.82. The number of carbonyl (C=O) groups excluding carboxylic acids is 4. The van der Waals surface area contributed by atoms with Crippen molar-refractivity contribution in [1.29, 1.82) is 0 Å². The number of carboxylic acid groups (broad SMARTS) is 2. The van der Waals surface area contributed by atoms with Gasteiger partial charge in [-0.1, -0.05) is 27.7 Å². The van der Waals surface area contributed by atoms with E-state index >= 15 is 0 Å². The van der Waals surface area contributed by atoms with E-state index in [2.05, 4.69) is 30.6 Å². The number of carboxylic acids is 2. The van der Waals surface area contributed by atoms with Crippen molar-refractivity contribution < 1.29 is 29.4 Å². The number of aromatic carboxylic acids is 2. The van der Waals surface area contributed by atoms with Crippen LogP contribution in [0, 0.1) is 11.8 Å². The number of hydrogen-bond donors (Lipinski definition) is 2. The van der Waals surface area contributed by atoms with Crippen LogP contribution >= 0.6 is 0 Å². The molecule has 0 saturated carbocycles. The van der Waals surface area contributed by atoms with Crippen LogP contribution < -0.4 is 20.8 Å². The first kappa shape index (κ1) is 32.0. The van der Waals surface area contributed by atoms with E-state index in [4.69, 9.17) is 0 Å². The number of nitrogens with one attached hydrogen (secondary N) is 2. The van der Waals surface area contributed by atoms with Gasteiger partial charge in [-0.25, -0.2) is 9.98 Å². The largest absolute Gasteiger partial charge is 2.00 e.